The van der Waals surface area contributed by atoms with Crippen molar-refractivity contribution in [1.82, 2.24) is 0 Å². The molecule has 0 rings (SSSR count). The lowest BCUT2D eigenvalue weighted by atomic mass is 9.95. The van der Waals surface area contributed by atoms with Gasteiger partial charge in [-0.2, -0.15) is 0 Å². The molecule has 76 valence electrons. The van der Waals surface area contributed by atoms with Gasteiger partial charge in [0, 0.05) is 12.8 Å². The SMILES string of the molecule is CC/C=C(/C)C(C)CCC(=O)CC. The van der Waals surface area contributed by atoms with Crippen LogP contribution in [-0.2, 0) is 4.79 Å². The smallest absolute Gasteiger partial charge is 0.132 e. The van der Waals surface area contributed by atoms with Gasteiger partial charge >= 0.3 is 0 Å². The van der Waals surface area contributed by atoms with Crippen molar-refractivity contribution in [2.45, 2.75) is 53.4 Å². The maximum atomic E-state index is 11.1. The standard InChI is InChI=1S/C12H22O/c1-5-7-10(3)11(4)8-9-12(13)6-2/h7,11H,5-6,8-9H2,1-4H3/b10-7-. The van der Waals surface area contributed by atoms with E-state index in [9.17, 15) is 4.79 Å². The molecular formula is C12H22O. The molecule has 1 nitrogen and oxygen atoms in total. The number of hydrogen-bond donors (Lipinski definition) is 0. The van der Waals surface area contributed by atoms with E-state index in [2.05, 4.69) is 26.8 Å². The maximum Gasteiger partial charge on any atom is 0.132 e. The third-order valence-electron chi connectivity index (χ3n) is 2.55. The van der Waals surface area contributed by atoms with Gasteiger partial charge in [0.1, 0.15) is 5.78 Å². The van der Waals surface area contributed by atoms with Crippen molar-refractivity contribution in [1.29, 1.82) is 0 Å². The van der Waals surface area contributed by atoms with Gasteiger partial charge in [0.05, 0.1) is 0 Å². The van der Waals surface area contributed by atoms with E-state index in [1.165, 1.54) is 5.57 Å². The Bertz CT molecular complexity index is 180. The second kappa shape index (κ2) is 6.88. The summed E-state index contributed by atoms with van der Waals surface area (Å²) in [5.74, 6) is 0.951. The van der Waals surface area contributed by atoms with Crippen LogP contribution in [0.5, 0.6) is 0 Å². The first-order valence-corrected chi connectivity index (χ1v) is 5.30. The minimum atomic E-state index is 0.385. The van der Waals surface area contributed by atoms with E-state index in [-0.39, 0.29) is 0 Å². The van der Waals surface area contributed by atoms with Crippen LogP contribution in [0.25, 0.3) is 0 Å². The summed E-state index contributed by atoms with van der Waals surface area (Å²) in [5, 5.41) is 0. The normalized spacial score (nSPS) is 14.3. The van der Waals surface area contributed by atoms with E-state index < -0.39 is 0 Å². The van der Waals surface area contributed by atoms with Gasteiger partial charge in [-0.1, -0.05) is 32.4 Å². The zero-order valence-corrected chi connectivity index (χ0v) is 9.39. The largest absolute Gasteiger partial charge is 0.300 e. The number of carbonyl (C=O) groups excluding carboxylic acids is 1. The highest BCUT2D eigenvalue weighted by Gasteiger charge is 2.06. The molecule has 0 aromatic heterocycles. The number of allylic oxidation sites excluding steroid dienone is 2. The molecule has 13 heavy (non-hydrogen) atoms. The molecule has 0 aromatic carbocycles. The van der Waals surface area contributed by atoms with Crippen molar-refractivity contribution in [2.75, 3.05) is 0 Å². The highest BCUT2D eigenvalue weighted by Crippen LogP contribution is 2.16. The summed E-state index contributed by atoms with van der Waals surface area (Å²) in [7, 11) is 0. The molecule has 0 N–H and O–H groups in total. The zero-order chi connectivity index (χ0) is 10.3. The third kappa shape index (κ3) is 5.62. The Labute approximate surface area is 82.2 Å². The lowest BCUT2D eigenvalue weighted by Gasteiger charge is -2.10. The molecule has 1 atom stereocenters. The summed E-state index contributed by atoms with van der Waals surface area (Å²) >= 11 is 0. The van der Waals surface area contributed by atoms with Gasteiger partial charge in [-0.3, -0.25) is 4.79 Å². The molecule has 0 aliphatic rings. The summed E-state index contributed by atoms with van der Waals surface area (Å²) in [6.45, 7) is 8.43. The van der Waals surface area contributed by atoms with Crippen molar-refractivity contribution >= 4 is 5.78 Å². The first-order chi connectivity index (χ1) is 6.11. The Morgan fingerprint density at radius 1 is 1.38 bits per heavy atom. The minimum Gasteiger partial charge on any atom is -0.300 e. The fourth-order valence-electron chi connectivity index (χ4n) is 1.31. The molecule has 1 heteroatoms. The molecule has 0 radical (unpaired) electrons. The molecule has 0 aliphatic carbocycles. The maximum absolute atomic E-state index is 11.1. The highest BCUT2D eigenvalue weighted by molar-refractivity contribution is 5.77. The lowest BCUT2D eigenvalue weighted by molar-refractivity contribution is -0.118. The molecule has 0 aromatic rings. The van der Waals surface area contributed by atoms with E-state index in [4.69, 9.17) is 0 Å². The van der Waals surface area contributed by atoms with Crippen LogP contribution in [0.3, 0.4) is 0 Å². The number of rotatable bonds is 6. The van der Waals surface area contributed by atoms with Crippen LogP contribution < -0.4 is 0 Å². The summed E-state index contributed by atoms with van der Waals surface area (Å²) in [4.78, 5) is 11.1. The second-order valence-corrected chi connectivity index (χ2v) is 3.69. The van der Waals surface area contributed by atoms with Gasteiger partial charge < -0.3 is 0 Å². The highest BCUT2D eigenvalue weighted by atomic mass is 16.1. The molecule has 1 unspecified atom stereocenters. The number of carbonyl (C=O) groups is 1. The van der Waals surface area contributed by atoms with Crippen LogP contribution in [-0.4, -0.2) is 5.78 Å². The second-order valence-electron chi connectivity index (χ2n) is 3.69. The molecule has 0 bridgehead atoms. The van der Waals surface area contributed by atoms with Crippen molar-refractivity contribution in [3.8, 4) is 0 Å². The quantitative estimate of drug-likeness (QED) is 0.572. The predicted octanol–water partition coefficient (Wildman–Crippen LogP) is 3.74. The fourth-order valence-corrected chi connectivity index (χ4v) is 1.31. The van der Waals surface area contributed by atoms with Gasteiger partial charge in [-0.15, -0.1) is 0 Å². The van der Waals surface area contributed by atoms with Crippen molar-refractivity contribution in [3.05, 3.63) is 11.6 Å². The first kappa shape index (κ1) is 12.4. The fraction of sp³-hybridized carbons (Fsp3) is 0.750. The van der Waals surface area contributed by atoms with E-state index in [0.29, 0.717) is 18.1 Å². The summed E-state index contributed by atoms with van der Waals surface area (Å²) < 4.78 is 0. The monoisotopic (exact) mass is 182 g/mol. The van der Waals surface area contributed by atoms with Crippen LogP contribution >= 0.6 is 0 Å². The third-order valence-corrected chi connectivity index (χ3v) is 2.55. The van der Waals surface area contributed by atoms with Crippen LogP contribution in [0, 0.1) is 5.92 Å². The van der Waals surface area contributed by atoms with Crippen LogP contribution in [0.2, 0.25) is 0 Å². The van der Waals surface area contributed by atoms with Gasteiger partial charge in [0.25, 0.3) is 0 Å². The van der Waals surface area contributed by atoms with Crippen molar-refractivity contribution in [3.63, 3.8) is 0 Å². The Balaban J connectivity index is 3.80. The van der Waals surface area contributed by atoms with E-state index in [1.54, 1.807) is 0 Å². The molecule has 0 heterocycles. The predicted molar refractivity (Wildman–Crippen MR) is 57.7 cm³/mol. The summed E-state index contributed by atoms with van der Waals surface area (Å²) in [6, 6.07) is 0. The van der Waals surface area contributed by atoms with E-state index in [0.717, 1.165) is 19.3 Å². The van der Waals surface area contributed by atoms with Gasteiger partial charge in [-0.25, -0.2) is 0 Å². The average Bonchev–Trinajstić information content (AvgIpc) is 2.13. The van der Waals surface area contributed by atoms with Crippen molar-refractivity contribution in [2.24, 2.45) is 5.92 Å². The van der Waals surface area contributed by atoms with Crippen LogP contribution in [0.4, 0.5) is 0 Å². The Kier molecular flexibility index (Phi) is 6.56. The Morgan fingerprint density at radius 3 is 2.46 bits per heavy atom. The molecule has 0 fully saturated rings. The molecule has 0 amide bonds. The summed E-state index contributed by atoms with van der Waals surface area (Å²) in [5.41, 5.74) is 1.42. The van der Waals surface area contributed by atoms with Gasteiger partial charge in [-0.05, 0) is 25.7 Å². The molecule has 0 aliphatic heterocycles. The van der Waals surface area contributed by atoms with Gasteiger partial charge in [0.15, 0.2) is 0 Å². The van der Waals surface area contributed by atoms with Crippen LogP contribution in [0.15, 0.2) is 11.6 Å². The lowest BCUT2D eigenvalue weighted by Crippen LogP contribution is -2.02. The zero-order valence-electron chi connectivity index (χ0n) is 9.39. The molecular weight excluding hydrogens is 160 g/mol. The van der Waals surface area contributed by atoms with Gasteiger partial charge in [0.2, 0.25) is 0 Å². The molecule has 0 spiro atoms. The topological polar surface area (TPSA) is 17.1 Å². The van der Waals surface area contributed by atoms with E-state index in [1.807, 2.05) is 6.92 Å². The Hall–Kier alpha value is -0.590. The van der Waals surface area contributed by atoms with E-state index >= 15 is 0 Å². The number of Topliss-reactive ketones (excluding diaryl/α,β-unsaturated/α-hetero) is 1. The summed E-state index contributed by atoms with van der Waals surface area (Å²) in [6.07, 6.45) is 5.78. The first-order valence-electron chi connectivity index (χ1n) is 5.30. The minimum absolute atomic E-state index is 0.385. The molecule has 0 saturated carbocycles. The van der Waals surface area contributed by atoms with Crippen LogP contribution in [0.1, 0.15) is 53.4 Å². The number of ketones is 1. The Morgan fingerprint density at radius 2 is 2.00 bits per heavy atom. The van der Waals surface area contributed by atoms with Crippen molar-refractivity contribution < 1.29 is 4.79 Å². The molecule has 0 saturated heterocycles. The number of hydrogen-bond acceptors (Lipinski definition) is 1. The average molecular weight is 182 g/mol.